The molecule has 0 aliphatic carbocycles. The van der Waals surface area contributed by atoms with Crippen molar-refractivity contribution in [2.24, 2.45) is 0 Å². The second-order valence-electron chi connectivity index (χ2n) is 4.71. The number of carbonyl (C=O) groups is 1. The van der Waals surface area contributed by atoms with Crippen molar-refractivity contribution in [2.45, 2.75) is 0 Å². The number of hydrogen-bond acceptors (Lipinski definition) is 4. The Morgan fingerprint density at radius 3 is 2.45 bits per heavy atom. The van der Waals surface area contributed by atoms with E-state index in [0.717, 1.165) is 6.26 Å². The number of hydrogen-bond donors (Lipinski definition) is 2. The van der Waals surface area contributed by atoms with Gasteiger partial charge >= 0.3 is 5.97 Å². The summed E-state index contributed by atoms with van der Waals surface area (Å²) < 4.78 is 30.1. The molecule has 0 aliphatic rings. The summed E-state index contributed by atoms with van der Waals surface area (Å²) in [5.41, 5.74) is 1.79. The van der Waals surface area contributed by atoms with E-state index in [0.29, 0.717) is 22.6 Å². The fourth-order valence-electron chi connectivity index (χ4n) is 1.98. The quantitative estimate of drug-likeness (QED) is 0.882. The Kier molecular flexibility index (Phi) is 4.37. The van der Waals surface area contributed by atoms with Crippen LogP contribution >= 0.6 is 0 Å². The van der Waals surface area contributed by atoms with Gasteiger partial charge in [-0.1, -0.05) is 12.1 Å². The molecule has 0 spiro atoms. The average molecular weight is 321 g/mol. The largest absolute Gasteiger partial charge is 0.497 e. The average Bonchev–Trinajstić information content (AvgIpc) is 2.45. The Morgan fingerprint density at radius 2 is 1.86 bits per heavy atom. The molecule has 0 heterocycles. The summed E-state index contributed by atoms with van der Waals surface area (Å²) in [6.07, 6.45) is 1.06. The summed E-state index contributed by atoms with van der Waals surface area (Å²) in [7, 11) is -1.93. The number of nitrogens with one attached hydrogen (secondary N) is 1. The Bertz CT molecular complexity index is 814. The molecule has 7 heteroatoms. The lowest BCUT2D eigenvalue weighted by Crippen LogP contribution is -2.09. The molecular weight excluding hydrogens is 306 g/mol. The van der Waals surface area contributed by atoms with Gasteiger partial charge in [0.05, 0.1) is 18.9 Å². The molecule has 2 rings (SSSR count). The van der Waals surface area contributed by atoms with Crippen LogP contribution in [0.4, 0.5) is 5.69 Å². The van der Waals surface area contributed by atoms with E-state index in [1.54, 1.807) is 30.3 Å². The second kappa shape index (κ2) is 6.07. The molecule has 0 saturated carbocycles. The number of rotatable bonds is 5. The number of methoxy groups -OCH3 is 1. The lowest BCUT2D eigenvalue weighted by atomic mass is 10.0. The van der Waals surface area contributed by atoms with Gasteiger partial charge in [0.2, 0.25) is 10.0 Å². The monoisotopic (exact) mass is 321 g/mol. The molecule has 0 aromatic heterocycles. The highest BCUT2D eigenvalue weighted by Gasteiger charge is 2.10. The molecule has 0 radical (unpaired) electrons. The van der Waals surface area contributed by atoms with Crippen molar-refractivity contribution in [3.63, 3.8) is 0 Å². The Balaban J connectivity index is 2.49. The van der Waals surface area contributed by atoms with Crippen molar-refractivity contribution >= 4 is 21.7 Å². The summed E-state index contributed by atoms with van der Waals surface area (Å²) in [5.74, 6) is -0.651. The molecule has 0 amide bonds. The standard InChI is InChI=1S/C15H15NO5S/c1-21-14-8-11(6-12(9-14)15(17)18)10-4-3-5-13(7-10)16-22(2,19)20/h3-9,16H,1-2H3,(H,17,18). The predicted octanol–water partition coefficient (Wildman–Crippen LogP) is 2.43. The first-order valence-electron chi connectivity index (χ1n) is 6.29. The molecule has 0 bridgehead atoms. The lowest BCUT2D eigenvalue weighted by Gasteiger charge is -2.09. The highest BCUT2D eigenvalue weighted by atomic mass is 32.2. The van der Waals surface area contributed by atoms with E-state index < -0.39 is 16.0 Å². The fourth-order valence-corrected chi connectivity index (χ4v) is 2.54. The highest BCUT2D eigenvalue weighted by molar-refractivity contribution is 7.92. The van der Waals surface area contributed by atoms with Gasteiger partial charge in [-0.05, 0) is 41.5 Å². The minimum Gasteiger partial charge on any atom is -0.497 e. The number of benzene rings is 2. The first-order chi connectivity index (χ1) is 10.3. The molecule has 0 fully saturated rings. The van der Waals surface area contributed by atoms with Crippen molar-refractivity contribution in [2.75, 3.05) is 18.1 Å². The topological polar surface area (TPSA) is 92.7 Å². The SMILES string of the molecule is COc1cc(C(=O)O)cc(-c2cccc(NS(C)(=O)=O)c2)c1. The summed E-state index contributed by atoms with van der Waals surface area (Å²) in [6, 6.07) is 11.3. The van der Waals surface area contributed by atoms with Crippen LogP contribution in [0, 0.1) is 0 Å². The summed E-state index contributed by atoms with van der Waals surface area (Å²) in [6.45, 7) is 0. The third-order valence-corrected chi connectivity index (χ3v) is 3.49. The molecule has 0 unspecified atom stereocenters. The molecule has 0 aliphatic heterocycles. The highest BCUT2D eigenvalue weighted by Crippen LogP contribution is 2.28. The van der Waals surface area contributed by atoms with E-state index in [9.17, 15) is 13.2 Å². The van der Waals surface area contributed by atoms with Crippen LogP contribution in [0.3, 0.4) is 0 Å². The van der Waals surface area contributed by atoms with E-state index >= 15 is 0 Å². The van der Waals surface area contributed by atoms with E-state index in [1.165, 1.54) is 19.2 Å². The van der Waals surface area contributed by atoms with Crippen molar-refractivity contribution in [3.8, 4) is 16.9 Å². The van der Waals surface area contributed by atoms with Crippen LogP contribution in [0.5, 0.6) is 5.75 Å². The van der Waals surface area contributed by atoms with Crippen LogP contribution in [0.1, 0.15) is 10.4 Å². The molecule has 6 nitrogen and oxygen atoms in total. The molecule has 116 valence electrons. The van der Waals surface area contributed by atoms with Crippen molar-refractivity contribution in [3.05, 3.63) is 48.0 Å². The normalized spacial score (nSPS) is 11.0. The van der Waals surface area contributed by atoms with Gasteiger partial charge in [0, 0.05) is 5.69 Å². The maximum atomic E-state index is 11.3. The molecule has 2 N–H and O–H groups in total. The van der Waals surface area contributed by atoms with E-state index in [-0.39, 0.29) is 5.56 Å². The van der Waals surface area contributed by atoms with Gasteiger partial charge in [0.15, 0.2) is 0 Å². The third-order valence-electron chi connectivity index (χ3n) is 2.89. The zero-order valence-electron chi connectivity index (χ0n) is 12.0. The second-order valence-corrected chi connectivity index (χ2v) is 6.46. The third kappa shape index (κ3) is 3.98. The molecule has 0 saturated heterocycles. The Labute approximate surface area is 128 Å². The zero-order valence-corrected chi connectivity index (χ0v) is 12.8. The van der Waals surface area contributed by atoms with Crippen LogP contribution in [0.15, 0.2) is 42.5 Å². The zero-order chi connectivity index (χ0) is 16.3. The molecule has 2 aromatic carbocycles. The summed E-state index contributed by atoms with van der Waals surface area (Å²) in [4.78, 5) is 11.2. The van der Waals surface area contributed by atoms with E-state index in [4.69, 9.17) is 9.84 Å². The molecular formula is C15H15NO5S. The van der Waals surface area contributed by atoms with Crippen molar-refractivity contribution in [1.82, 2.24) is 0 Å². The van der Waals surface area contributed by atoms with Gasteiger partial charge in [0.1, 0.15) is 5.75 Å². The number of aromatic carboxylic acids is 1. The minimum atomic E-state index is -3.38. The number of carboxylic acid groups (broad SMARTS) is 1. The molecule has 22 heavy (non-hydrogen) atoms. The number of carboxylic acids is 1. The van der Waals surface area contributed by atoms with Crippen molar-refractivity contribution in [1.29, 1.82) is 0 Å². The van der Waals surface area contributed by atoms with E-state index in [1.807, 2.05) is 0 Å². The van der Waals surface area contributed by atoms with Crippen LogP contribution in [-0.4, -0.2) is 32.9 Å². The summed E-state index contributed by atoms with van der Waals surface area (Å²) in [5, 5.41) is 9.14. The van der Waals surface area contributed by atoms with Crippen LogP contribution in [0.2, 0.25) is 0 Å². The van der Waals surface area contributed by atoms with Crippen LogP contribution in [0.25, 0.3) is 11.1 Å². The van der Waals surface area contributed by atoms with Gasteiger partial charge in [0.25, 0.3) is 0 Å². The first kappa shape index (κ1) is 15.8. The van der Waals surface area contributed by atoms with Crippen molar-refractivity contribution < 1.29 is 23.1 Å². The van der Waals surface area contributed by atoms with E-state index in [2.05, 4.69) is 4.72 Å². The minimum absolute atomic E-state index is 0.0934. The van der Waals surface area contributed by atoms with Crippen LogP contribution in [-0.2, 0) is 10.0 Å². The molecule has 2 aromatic rings. The Hall–Kier alpha value is -2.54. The Morgan fingerprint density at radius 1 is 1.14 bits per heavy atom. The number of ether oxygens (including phenoxy) is 1. The van der Waals surface area contributed by atoms with Gasteiger partial charge in [-0.25, -0.2) is 13.2 Å². The first-order valence-corrected chi connectivity index (χ1v) is 8.18. The molecule has 0 atom stereocenters. The van der Waals surface area contributed by atoms with Gasteiger partial charge < -0.3 is 9.84 Å². The van der Waals surface area contributed by atoms with Gasteiger partial charge in [-0.15, -0.1) is 0 Å². The van der Waals surface area contributed by atoms with Gasteiger partial charge in [-0.2, -0.15) is 0 Å². The predicted molar refractivity (Wildman–Crippen MR) is 83.9 cm³/mol. The number of sulfonamides is 1. The maximum absolute atomic E-state index is 11.3. The van der Waals surface area contributed by atoms with Gasteiger partial charge in [-0.3, -0.25) is 4.72 Å². The summed E-state index contributed by atoms with van der Waals surface area (Å²) >= 11 is 0. The smallest absolute Gasteiger partial charge is 0.335 e. The number of anilines is 1. The lowest BCUT2D eigenvalue weighted by molar-refractivity contribution is 0.0696. The fraction of sp³-hybridized carbons (Fsp3) is 0.133. The maximum Gasteiger partial charge on any atom is 0.335 e. The van der Waals surface area contributed by atoms with Crippen LogP contribution < -0.4 is 9.46 Å².